The Morgan fingerprint density at radius 3 is 2.64 bits per heavy atom. The molecule has 0 aromatic carbocycles. The molecule has 150 valence electrons. The predicted molar refractivity (Wildman–Crippen MR) is 108 cm³/mol. The van der Waals surface area contributed by atoms with Crippen LogP contribution >= 0.6 is 0 Å². The van der Waals surface area contributed by atoms with Crippen molar-refractivity contribution in [3.63, 3.8) is 0 Å². The fourth-order valence-electron chi connectivity index (χ4n) is 5.30. The van der Waals surface area contributed by atoms with E-state index in [0.29, 0.717) is 5.92 Å². The minimum atomic E-state index is 0.0912. The van der Waals surface area contributed by atoms with Crippen LogP contribution in [0.15, 0.2) is 10.9 Å². The molecule has 2 aromatic rings. The first-order valence-corrected chi connectivity index (χ1v) is 11.0. The summed E-state index contributed by atoms with van der Waals surface area (Å²) in [6.45, 7) is 4.00. The summed E-state index contributed by atoms with van der Waals surface area (Å²) in [5.74, 6) is 0.556. The standard InChI is InChI=1S/C22H31N5O/c1-25-21(18-6-4-8-20(18)23-25)15-26-11-9-16(10-12-26)14-27-22(28)13-17-5-2-3-7-19(17)24-27/h13,16H,2-12,14-15H2,1H3. The molecule has 0 radical (unpaired) electrons. The molecule has 3 heterocycles. The minimum Gasteiger partial charge on any atom is -0.297 e. The van der Waals surface area contributed by atoms with Gasteiger partial charge < -0.3 is 0 Å². The van der Waals surface area contributed by atoms with Crippen LogP contribution < -0.4 is 5.56 Å². The summed E-state index contributed by atoms with van der Waals surface area (Å²) in [4.78, 5) is 15.0. The molecule has 0 N–H and O–H groups in total. The zero-order chi connectivity index (χ0) is 19.1. The third kappa shape index (κ3) is 3.43. The molecule has 0 spiro atoms. The molecule has 0 bridgehead atoms. The van der Waals surface area contributed by atoms with Crippen molar-refractivity contribution < 1.29 is 0 Å². The molecule has 2 aromatic heterocycles. The van der Waals surface area contributed by atoms with E-state index in [9.17, 15) is 4.79 Å². The maximum Gasteiger partial charge on any atom is 0.267 e. The van der Waals surface area contributed by atoms with Gasteiger partial charge in [-0.2, -0.15) is 10.2 Å². The highest BCUT2D eigenvalue weighted by atomic mass is 16.1. The van der Waals surface area contributed by atoms with Crippen LogP contribution in [0.2, 0.25) is 0 Å². The van der Waals surface area contributed by atoms with Crippen LogP contribution in [0.25, 0.3) is 0 Å². The highest BCUT2D eigenvalue weighted by Gasteiger charge is 2.25. The van der Waals surface area contributed by atoms with Crippen molar-refractivity contribution in [2.75, 3.05) is 13.1 Å². The summed E-state index contributed by atoms with van der Waals surface area (Å²) in [7, 11) is 2.09. The van der Waals surface area contributed by atoms with Gasteiger partial charge in [0.2, 0.25) is 0 Å². The summed E-state index contributed by atoms with van der Waals surface area (Å²) in [6.07, 6.45) is 10.3. The Morgan fingerprint density at radius 1 is 1.00 bits per heavy atom. The maximum absolute atomic E-state index is 12.5. The Labute approximate surface area is 166 Å². The number of piperidine rings is 1. The van der Waals surface area contributed by atoms with Gasteiger partial charge in [-0.05, 0) is 87.9 Å². The van der Waals surface area contributed by atoms with Crippen LogP contribution in [-0.4, -0.2) is 37.6 Å². The van der Waals surface area contributed by atoms with Gasteiger partial charge in [-0.3, -0.25) is 14.4 Å². The van der Waals surface area contributed by atoms with E-state index in [0.717, 1.165) is 64.0 Å². The Hall–Kier alpha value is -1.95. The van der Waals surface area contributed by atoms with Crippen LogP contribution in [0.5, 0.6) is 0 Å². The lowest BCUT2D eigenvalue weighted by Crippen LogP contribution is -2.37. The second-order valence-electron chi connectivity index (χ2n) is 8.91. The number of hydrogen-bond acceptors (Lipinski definition) is 4. The summed E-state index contributed by atoms with van der Waals surface area (Å²) in [6, 6.07) is 1.85. The molecule has 1 aliphatic heterocycles. The van der Waals surface area contributed by atoms with Crippen molar-refractivity contribution >= 4 is 0 Å². The molecule has 1 saturated heterocycles. The van der Waals surface area contributed by atoms with E-state index in [1.54, 1.807) is 4.68 Å². The third-order valence-corrected chi connectivity index (χ3v) is 6.98. The lowest BCUT2D eigenvalue weighted by molar-refractivity contribution is 0.160. The first-order valence-electron chi connectivity index (χ1n) is 11.0. The Balaban J connectivity index is 1.21. The minimum absolute atomic E-state index is 0.0912. The number of aromatic nitrogens is 4. The lowest BCUT2D eigenvalue weighted by Gasteiger charge is -2.32. The molecular weight excluding hydrogens is 350 g/mol. The number of likely N-dealkylation sites (tertiary alicyclic amines) is 1. The van der Waals surface area contributed by atoms with Crippen LogP contribution in [0, 0.1) is 5.92 Å². The highest BCUT2D eigenvalue weighted by Crippen LogP contribution is 2.27. The first kappa shape index (κ1) is 18.1. The van der Waals surface area contributed by atoms with Crippen molar-refractivity contribution in [3.05, 3.63) is 44.6 Å². The molecule has 6 nitrogen and oxygen atoms in total. The van der Waals surface area contributed by atoms with E-state index in [2.05, 4.69) is 16.6 Å². The van der Waals surface area contributed by atoms with Gasteiger partial charge in [-0.1, -0.05) is 0 Å². The van der Waals surface area contributed by atoms with E-state index in [1.165, 1.54) is 48.2 Å². The van der Waals surface area contributed by atoms with Crippen molar-refractivity contribution in [1.82, 2.24) is 24.5 Å². The molecule has 0 unspecified atom stereocenters. The fourth-order valence-corrected chi connectivity index (χ4v) is 5.30. The summed E-state index contributed by atoms with van der Waals surface area (Å²) < 4.78 is 3.85. The SMILES string of the molecule is Cn1nc2c(c1CN1CCC(Cn3nc4c(cc3=O)CCCC4)CC1)CCC2. The normalized spacial score (nSPS) is 20.3. The zero-order valence-corrected chi connectivity index (χ0v) is 17.0. The van der Waals surface area contributed by atoms with Gasteiger partial charge >= 0.3 is 0 Å². The number of nitrogens with zero attached hydrogens (tertiary/aromatic N) is 5. The van der Waals surface area contributed by atoms with Crippen LogP contribution in [0.4, 0.5) is 0 Å². The number of hydrogen-bond donors (Lipinski definition) is 0. The Morgan fingerprint density at radius 2 is 1.79 bits per heavy atom. The Bertz CT molecular complexity index is 920. The highest BCUT2D eigenvalue weighted by molar-refractivity contribution is 5.30. The van der Waals surface area contributed by atoms with Crippen molar-refractivity contribution in [3.8, 4) is 0 Å². The molecule has 5 rings (SSSR count). The van der Waals surface area contributed by atoms with E-state index >= 15 is 0 Å². The predicted octanol–water partition coefficient (Wildman–Crippen LogP) is 2.26. The lowest BCUT2D eigenvalue weighted by atomic mass is 9.95. The van der Waals surface area contributed by atoms with Gasteiger partial charge in [0.15, 0.2) is 0 Å². The van der Waals surface area contributed by atoms with Gasteiger partial charge in [0.05, 0.1) is 17.1 Å². The monoisotopic (exact) mass is 381 g/mol. The topological polar surface area (TPSA) is 56.0 Å². The van der Waals surface area contributed by atoms with Gasteiger partial charge in [-0.25, -0.2) is 4.68 Å². The summed E-state index contributed by atoms with van der Waals surface area (Å²) >= 11 is 0. The number of aryl methyl sites for hydroxylation is 4. The van der Waals surface area contributed by atoms with Gasteiger partial charge in [0.1, 0.15) is 0 Å². The molecule has 0 saturated carbocycles. The zero-order valence-electron chi connectivity index (χ0n) is 17.0. The van der Waals surface area contributed by atoms with Crippen LogP contribution in [0.3, 0.4) is 0 Å². The first-order chi connectivity index (χ1) is 13.7. The summed E-state index contributed by atoms with van der Waals surface area (Å²) in [5, 5.41) is 9.43. The molecule has 6 heteroatoms. The Kier molecular flexibility index (Phi) is 4.83. The van der Waals surface area contributed by atoms with E-state index in [4.69, 9.17) is 10.2 Å². The quantitative estimate of drug-likeness (QED) is 0.815. The molecule has 0 atom stereocenters. The fraction of sp³-hybridized carbons (Fsp3) is 0.682. The van der Waals surface area contributed by atoms with Gasteiger partial charge in [0, 0.05) is 26.2 Å². The van der Waals surface area contributed by atoms with Crippen molar-refractivity contribution in [2.45, 2.75) is 70.9 Å². The molecule has 0 amide bonds. The largest absolute Gasteiger partial charge is 0.297 e. The smallest absolute Gasteiger partial charge is 0.267 e. The second kappa shape index (κ2) is 7.47. The van der Waals surface area contributed by atoms with Gasteiger partial charge in [-0.15, -0.1) is 0 Å². The number of rotatable bonds is 4. The average Bonchev–Trinajstić information content (AvgIpc) is 3.26. The van der Waals surface area contributed by atoms with Gasteiger partial charge in [0.25, 0.3) is 5.56 Å². The van der Waals surface area contributed by atoms with E-state index in [-0.39, 0.29) is 5.56 Å². The van der Waals surface area contributed by atoms with Crippen LogP contribution in [0.1, 0.15) is 60.3 Å². The maximum atomic E-state index is 12.5. The average molecular weight is 382 g/mol. The molecule has 1 fully saturated rings. The van der Waals surface area contributed by atoms with E-state index in [1.807, 2.05) is 6.07 Å². The molecule has 2 aliphatic carbocycles. The van der Waals surface area contributed by atoms with Crippen molar-refractivity contribution in [1.29, 1.82) is 0 Å². The number of fused-ring (bicyclic) bond motifs is 2. The van der Waals surface area contributed by atoms with E-state index < -0.39 is 0 Å². The van der Waals surface area contributed by atoms with Crippen LogP contribution in [-0.2, 0) is 45.8 Å². The third-order valence-electron chi connectivity index (χ3n) is 6.98. The van der Waals surface area contributed by atoms with Crippen molar-refractivity contribution in [2.24, 2.45) is 13.0 Å². The molecule has 28 heavy (non-hydrogen) atoms. The molecular formula is C22H31N5O. The molecule has 3 aliphatic rings. The second-order valence-corrected chi connectivity index (χ2v) is 8.91. The summed E-state index contributed by atoms with van der Waals surface area (Å²) in [5.41, 5.74) is 6.69.